The standard InChI is InChI=1S/C12H20ClN3O/c1-9(2)16(6-3-7-17)12-11(13)10(8-14)4-5-15-12/h4-5,9,17H,3,6-8,14H2,1-2H3. The van der Waals surface area contributed by atoms with Gasteiger partial charge >= 0.3 is 0 Å². The number of aliphatic hydroxyl groups excluding tert-OH is 1. The van der Waals surface area contributed by atoms with Crippen molar-refractivity contribution >= 4 is 17.4 Å². The number of halogens is 1. The predicted octanol–water partition coefficient (Wildman–Crippen LogP) is 1.79. The third-order valence-electron chi connectivity index (χ3n) is 2.62. The van der Waals surface area contributed by atoms with Crippen LogP contribution in [-0.4, -0.2) is 29.3 Å². The molecule has 0 aliphatic rings. The molecule has 1 rings (SSSR count). The van der Waals surface area contributed by atoms with E-state index in [1.807, 2.05) is 6.07 Å². The van der Waals surface area contributed by atoms with Crippen LogP contribution in [0.3, 0.4) is 0 Å². The quantitative estimate of drug-likeness (QED) is 0.816. The molecular weight excluding hydrogens is 238 g/mol. The third kappa shape index (κ3) is 3.56. The Balaban J connectivity index is 3.01. The molecule has 0 spiro atoms. The van der Waals surface area contributed by atoms with Crippen molar-refractivity contribution in [3.63, 3.8) is 0 Å². The first kappa shape index (κ1) is 14.2. The van der Waals surface area contributed by atoms with Gasteiger partial charge in [0, 0.05) is 31.9 Å². The van der Waals surface area contributed by atoms with Gasteiger partial charge in [0.15, 0.2) is 0 Å². The van der Waals surface area contributed by atoms with E-state index in [0.717, 1.165) is 17.9 Å². The number of aliphatic hydroxyl groups is 1. The molecule has 0 aromatic carbocycles. The molecule has 0 fully saturated rings. The zero-order valence-electron chi connectivity index (χ0n) is 10.4. The van der Waals surface area contributed by atoms with Crippen molar-refractivity contribution in [2.75, 3.05) is 18.1 Å². The van der Waals surface area contributed by atoms with E-state index in [4.69, 9.17) is 22.4 Å². The van der Waals surface area contributed by atoms with Gasteiger partial charge in [0.1, 0.15) is 5.82 Å². The third-order valence-corrected chi connectivity index (χ3v) is 3.04. The molecule has 4 nitrogen and oxygen atoms in total. The second-order valence-corrected chi connectivity index (χ2v) is 4.55. The summed E-state index contributed by atoms with van der Waals surface area (Å²) < 4.78 is 0. The molecule has 0 aliphatic carbocycles. The highest BCUT2D eigenvalue weighted by Gasteiger charge is 2.16. The van der Waals surface area contributed by atoms with Crippen molar-refractivity contribution in [3.8, 4) is 0 Å². The van der Waals surface area contributed by atoms with Crippen molar-refractivity contribution in [2.24, 2.45) is 5.73 Å². The topological polar surface area (TPSA) is 62.4 Å². The average Bonchev–Trinajstić information content (AvgIpc) is 2.31. The van der Waals surface area contributed by atoms with Gasteiger partial charge in [-0.3, -0.25) is 0 Å². The zero-order chi connectivity index (χ0) is 12.8. The Morgan fingerprint density at radius 1 is 1.53 bits per heavy atom. The van der Waals surface area contributed by atoms with Gasteiger partial charge in [0.2, 0.25) is 0 Å². The van der Waals surface area contributed by atoms with Crippen molar-refractivity contribution in [2.45, 2.75) is 32.9 Å². The number of anilines is 1. The van der Waals surface area contributed by atoms with E-state index in [0.29, 0.717) is 18.0 Å². The Hall–Kier alpha value is -0.840. The van der Waals surface area contributed by atoms with Crippen LogP contribution in [0, 0.1) is 0 Å². The van der Waals surface area contributed by atoms with Crippen molar-refractivity contribution < 1.29 is 5.11 Å². The summed E-state index contributed by atoms with van der Waals surface area (Å²) in [5.74, 6) is 0.748. The van der Waals surface area contributed by atoms with Crippen molar-refractivity contribution in [1.29, 1.82) is 0 Å². The average molecular weight is 258 g/mol. The number of aromatic nitrogens is 1. The van der Waals surface area contributed by atoms with Crippen molar-refractivity contribution in [1.82, 2.24) is 4.98 Å². The summed E-state index contributed by atoms with van der Waals surface area (Å²) in [6.45, 7) is 5.45. The summed E-state index contributed by atoms with van der Waals surface area (Å²) in [7, 11) is 0. The maximum atomic E-state index is 8.91. The molecule has 3 N–H and O–H groups in total. The lowest BCUT2D eigenvalue weighted by Crippen LogP contribution is -2.33. The van der Waals surface area contributed by atoms with Crippen LogP contribution in [0.2, 0.25) is 5.02 Å². The molecule has 0 atom stereocenters. The fourth-order valence-electron chi connectivity index (χ4n) is 1.68. The summed E-state index contributed by atoms with van der Waals surface area (Å²) in [6.07, 6.45) is 2.42. The zero-order valence-corrected chi connectivity index (χ0v) is 11.1. The van der Waals surface area contributed by atoms with E-state index in [1.165, 1.54) is 0 Å². The fourth-order valence-corrected chi connectivity index (χ4v) is 1.98. The number of nitrogens with two attached hydrogens (primary N) is 1. The van der Waals surface area contributed by atoms with Crippen LogP contribution in [-0.2, 0) is 6.54 Å². The Bertz CT molecular complexity index is 358. The van der Waals surface area contributed by atoms with E-state index in [-0.39, 0.29) is 12.6 Å². The molecule has 1 aromatic rings. The second-order valence-electron chi connectivity index (χ2n) is 4.18. The fraction of sp³-hybridized carbons (Fsp3) is 0.583. The van der Waals surface area contributed by atoms with Gasteiger partial charge in [0.25, 0.3) is 0 Å². The minimum absolute atomic E-state index is 0.164. The lowest BCUT2D eigenvalue weighted by Gasteiger charge is -2.29. The highest BCUT2D eigenvalue weighted by Crippen LogP contribution is 2.28. The summed E-state index contributed by atoms with van der Waals surface area (Å²) in [4.78, 5) is 6.40. The molecule has 0 aliphatic heterocycles. The Morgan fingerprint density at radius 2 is 2.24 bits per heavy atom. The van der Waals surface area contributed by atoms with Crippen molar-refractivity contribution in [3.05, 3.63) is 22.8 Å². The maximum absolute atomic E-state index is 8.91. The molecule has 0 saturated heterocycles. The van der Waals surface area contributed by atoms with E-state index in [9.17, 15) is 0 Å². The first-order chi connectivity index (χ1) is 8.11. The molecule has 5 heteroatoms. The van der Waals surface area contributed by atoms with Gasteiger partial charge in [-0.05, 0) is 31.9 Å². The molecule has 0 amide bonds. The second kappa shape index (κ2) is 6.79. The van der Waals surface area contributed by atoms with Crippen LogP contribution in [0.1, 0.15) is 25.8 Å². The largest absolute Gasteiger partial charge is 0.396 e. The van der Waals surface area contributed by atoms with Crippen LogP contribution >= 0.6 is 11.6 Å². The van der Waals surface area contributed by atoms with Gasteiger partial charge in [0.05, 0.1) is 5.02 Å². The minimum Gasteiger partial charge on any atom is -0.396 e. The molecule has 96 valence electrons. The predicted molar refractivity (Wildman–Crippen MR) is 71.3 cm³/mol. The minimum atomic E-state index is 0.164. The summed E-state index contributed by atoms with van der Waals surface area (Å²) in [5, 5.41) is 9.53. The highest BCUT2D eigenvalue weighted by atomic mass is 35.5. The van der Waals surface area contributed by atoms with Crippen LogP contribution < -0.4 is 10.6 Å². The summed E-state index contributed by atoms with van der Waals surface area (Å²) >= 11 is 6.28. The summed E-state index contributed by atoms with van der Waals surface area (Å²) in [6, 6.07) is 2.11. The Kier molecular flexibility index (Phi) is 5.68. The first-order valence-corrected chi connectivity index (χ1v) is 6.20. The molecule has 0 unspecified atom stereocenters. The molecule has 1 aromatic heterocycles. The SMILES string of the molecule is CC(C)N(CCCO)c1nccc(CN)c1Cl. The highest BCUT2D eigenvalue weighted by molar-refractivity contribution is 6.33. The van der Waals surface area contributed by atoms with Crippen LogP contribution in [0.5, 0.6) is 0 Å². The molecule has 0 radical (unpaired) electrons. The normalized spacial score (nSPS) is 10.9. The molecule has 0 saturated carbocycles. The lowest BCUT2D eigenvalue weighted by atomic mass is 10.2. The number of nitrogens with zero attached hydrogens (tertiary/aromatic N) is 2. The lowest BCUT2D eigenvalue weighted by molar-refractivity contribution is 0.288. The number of hydrogen-bond donors (Lipinski definition) is 2. The molecule has 17 heavy (non-hydrogen) atoms. The van der Waals surface area contributed by atoms with Crippen LogP contribution in [0.25, 0.3) is 0 Å². The van der Waals surface area contributed by atoms with Gasteiger partial charge in [-0.2, -0.15) is 0 Å². The van der Waals surface area contributed by atoms with Crippen LogP contribution in [0.15, 0.2) is 12.3 Å². The van der Waals surface area contributed by atoms with Gasteiger partial charge in [-0.1, -0.05) is 11.6 Å². The van der Waals surface area contributed by atoms with E-state index >= 15 is 0 Å². The van der Waals surface area contributed by atoms with Gasteiger partial charge in [-0.25, -0.2) is 4.98 Å². The summed E-state index contributed by atoms with van der Waals surface area (Å²) in [5.41, 5.74) is 6.52. The van der Waals surface area contributed by atoms with E-state index in [1.54, 1.807) is 6.20 Å². The van der Waals surface area contributed by atoms with Gasteiger partial charge in [-0.15, -0.1) is 0 Å². The number of hydrogen-bond acceptors (Lipinski definition) is 4. The van der Waals surface area contributed by atoms with E-state index in [2.05, 4.69) is 23.7 Å². The monoisotopic (exact) mass is 257 g/mol. The molecular formula is C12H20ClN3O. The number of rotatable bonds is 6. The Morgan fingerprint density at radius 3 is 2.76 bits per heavy atom. The first-order valence-electron chi connectivity index (χ1n) is 5.82. The molecule has 1 heterocycles. The number of pyridine rings is 1. The van der Waals surface area contributed by atoms with E-state index < -0.39 is 0 Å². The Labute approximate surface area is 107 Å². The molecule has 0 bridgehead atoms. The maximum Gasteiger partial charge on any atom is 0.147 e. The van der Waals surface area contributed by atoms with Gasteiger partial charge < -0.3 is 15.7 Å². The smallest absolute Gasteiger partial charge is 0.147 e. The van der Waals surface area contributed by atoms with Crippen LogP contribution in [0.4, 0.5) is 5.82 Å².